The zero-order chi connectivity index (χ0) is 27.5. The molecule has 214 valence electrons. The van der Waals surface area contributed by atoms with Crippen molar-refractivity contribution in [1.29, 1.82) is 0 Å². The summed E-state index contributed by atoms with van der Waals surface area (Å²) in [6.45, 7) is 7.26. The number of carboxylic acid groups (broad SMARTS) is 2. The minimum absolute atomic E-state index is 0.0219. The molecule has 13 heteroatoms. The topological polar surface area (TPSA) is 166 Å². The number of aliphatic carboxylic acids is 2. The highest BCUT2D eigenvalue weighted by atomic mass is 16.4. The van der Waals surface area contributed by atoms with Gasteiger partial charge in [0.1, 0.15) is 0 Å². The van der Waals surface area contributed by atoms with E-state index in [9.17, 15) is 34.5 Å². The number of carboxylic acids is 2. The van der Waals surface area contributed by atoms with E-state index in [2.05, 4.69) is 10.6 Å². The molecule has 1 heterocycles. The van der Waals surface area contributed by atoms with Crippen molar-refractivity contribution in [1.82, 2.24) is 30.2 Å². The molecular formula is C24H46N6O7. The van der Waals surface area contributed by atoms with E-state index in [1.165, 1.54) is 0 Å². The molecule has 5 N–H and O–H groups in total. The van der Waals surface area contributed by atoms with Crippen LogP contribution in [-0.2, 0) is 19.2 Å². The highest BCUT2D eigenvalue weighted by Gasteiger charge is 2.20. The number of β-amino-alcohol motifs (C(OH)–C–C–N with tert-alkyl or cyclic N) is 1. The highest BCUT2D eigenvalue weighted by Crippen LogP contribution is 2.02. The van der Waals surface area contributed by atoms with Gasteiger partial charge in [-0.15, -0.1) is 0 Å². The molecule has 1 aliphatic heterocycles. The summed E-state index contributed by atoms with van der Waals surface area (Å²) in [7, 11) is 0. The molecule has 0 aliphatic carbocycles. The van der Waals surface area contributed by atoms with E-state index >= 15 is 0 Å². The van der Waals surface area contributed by atoms with E-state index in [1.807, 2.05) is 16.7 Å². The number of rotatable bonds is 15. The van der Waals surface area contributed by atoms with Crippen LogP contribution in [0.3, 0.4) is 0 Å². The lowest BCUT2D eigenvalue weighted by molar-refractivity contribution is -0.140. The maximum absolute atomic E-state index is 12.6. The molecule has 0 atom stereocenters. The standard InChI is InChI=1S/C24H46N6O7/c1-2-25-21(32)6-4-3-5-7-26-22(33)18-28-10-8-27(16-17-31)9-11-29(19-23(34)35)14-15-30(13-12-28)20-24(36)37/h31H,2-20H2,1H3,(H,25,32)(H,26,33)(H,34,35)(H,36,37). The molecule has 0 saturated carbocycles. The van der Waals surface area contributed by atoms with Crippen molar-refractivity contribution in [2.24, 2.45) is 0 Å². The van der Waals surface area contributed by atoms with Crippen LogP contribution in [0.2, 0.25) is 0 Å². The summed E-state index contributed by atoms with van der Waals surface area (Å²) in [5.74, 6) is -1.96. The van der Waals surface area contributed by atoms with E-state index in [4.69, 9.17) is 0 Å². The second-order valence-corrected chi connectivity index (χ2v) is 9.30. The molecule has 1 rings (SSSR count). The monoisotopic (exact) mass is 530 g/mol. The van der Waals surface area contributed by atoms with Gasteiger partial charge in [0.15, 0.2) is 0 Å². The van der Waals surface area contributed by atoms with E-state index < -0.39 is 11.9 Å². The van der Waals surface area contributed by atoms with Crippen LogP contribution < -0.4 is 10.6 Å². The normalized spacial score (nSPS) is 17.5. The molecule has 0 aromatic carbocycles. The molecule has 1 fully saturated rings. The van der Waals surface area contributed by atoms with Crippen LogP contribution in [0, 0.1) is 0 Å². The van der Waals surface area contributed by atoms with Crippen molar-refractivity contribution < 1.29 is 34.5 Å². The number of nitrogens with zero attached hydrogens (tertiary/aromatic N) is 4. The number of nitrogens with one attached hydrogen (secondary N) is 2. The zero-order valence-corrected chi connectivity index (χ0v) is 22.2. The van der Waals surface area contributed by atoms with Gasteiger partial charge in [-0.05, 0) is 19.8 Å². The average molecular weight is 531 g/mol. The number of unbranched alkanes of at least 4 members (excludes halogenated alkanes) is 2. The van der Waals surface area contributed by atoms with Crippen molar-refractivity contribution in [2.45, 2.75) is 32.6 Å². The molecular weight excluding hydrogens is 484 g/mol. The molecule has 0 bridgehead atoms. The minimum Gasteiger partial charge on any atom is -0.480 e. The molecule has 0 spiro atoms. The van der Waals surface area contributed by atoms with Gasteiger partial charge < -0.3 is 26.0 Å². The fraction of sp³-hybridized carbons (Fsp3) is 0.833. The third kappa shape index (κ3) is 16.9. The van der Waals surface area contributed by atoms with Gasteiger partial charge >= 0.3 is 11.9 Å². The maximum atomic E-state index is 12.6. The molecule has 37 heavy (non-hydrogen) atoms. The third-order valence-electron chi connectivity index (χ3n) is 6.21. The van der Waals surface area contributed by atoms with Crippen LogP contribution in [0.1, 0.15) is 32.6 Å². The summed E-state index contributed by atoms with van der Waals surface area (Å²) in [4.78, 5) is 54.3. The Kier molecular flexibility index (Phi) is 17.5. The summed E-state index contributed by atoms with van der Waals surface area (Å²) in [5.41, 5.74) is 0. The number of aliphatic hydroxyl groups is 1. The number of aliphatic hydroxyl groups excluding tert-OH is 1. The summed E-state index contributed by atoms with van der Waals surface area (Å²) in [5, 5.41) is 33.7. The van der Waals surface area contributed by atoms with Gasteiger partial charge in [-0.3, -0.25) is 38.8 Å². The Labute approximate surface area is 219 Å². The second kappa shape index (κ2) is 19.7. The lowest BCUT2D eigenvalue weighted by Gasteiger charge is -2.33. The van der Waals surface area contributed by atoms with E-state index in [-0.39, 0.29) is 38.1 Å². The Morgan fingerprint density at radius 1 is 0.649 bits per heavy atom. The predicted octanol–water partition coefficient (Wildman–Crippen LogP) is -1.82. The first-order valence-electron chi connectivity index (χ1n) is 13.2. The van der Waals surface area contributed by atoms with E-state index in [0.717, 1.165) is 19.3 Å². The maximum Gasteiger partial charge on any atom is 0.317 e. The molecule has 1 aliphatic rings. The summed E-state index contributed by atoms with van der Waals surface area (Å²) in [6.07, 6.45) is 2.90. The van der Waals surface area contributed by atoms with Crippen molar-refractivity contribution in [3.05, 3.63) is 0 Å². The van der Waals surface area contributed by atoms with Crippen LogP contribution in [0.25, 0.3) is 0 Å². The van der Waals surface area contributed by atoms with E-state index in [1.54, 1.807) is 9.80 Å². The highest BCUT2D eigenvalue weighted by molar-refractivity contribution is 5.78. The summed E-state index contributed by atoms with van der Waals surface area (Å²) in [6, 6.07) is 0. The molecule has 0 aromatic heterocycles. The molecule has 13 nitrogen and oxygen atoms in total. The molecule has 1 saturated heterocycles. The Hall–Kier alpha value is -2.32. The number of carbonyl (C=O) groups excluding carboxylic acids is 2. The second-order valence-electron chi connectivity index (χ2n) is 9.30. The predicted molar refractivity (Wildman–Crippen MR) is 138 cm³/mol. The van der Waals surface area contributed by atoms with Crippen LogP contribution >= 0.6 is 0 Å². The lowest BCUT2D eigenvalue weighted by Crippen LogP contribution is -2.49. The van der Waals surface area contributed by atoms with Gasteiger partial charge in [0.2, 0.25) is 11.8 Å². The first kappa shape index (κ1) is 32.7. The quantitative estimate of drug-likeness (QED) is 0.151. The van der Waals surface area contributed by atoms with Gasteiger partial charge in [0.25, 0.3) is 0 Å². The van der Waals surface area contributed by atoms with Crippen LogP contribution in [-0.4, -0.2) is 157 Å². The SMILES string of the molecule is CCNC(=O)CCCCCNC(=O)CN1CCN(CCO)CCN(CC(=O)O)CCN(CC(=O)O)CC1. The van der Waals surface area contributed by atoms with Gasteiger partial charge in [0.05, 0.1) is 26.2 Å². The molecule has 0 unspecified atom stereocenters. The molecule has 0 radical (unpaired) electrons. The van der Waals surface area contributed by atoms with Gasteiger partial charge in [-0.25, -0.2) is 0 Å². The van der Waals surface area contributed by atoms with Crippen molar-refractivity contribution in [3.8, 4) is 0 Å². The van der Waals surface area contributed by atoms with Gasteiger partial charge in [0, 0.05) is 78.4 Å². The smallest absolute Gasteiger partial charge is 0.317 e. The Morgan fingerprint density at radius 2 is 1.14 bits per heavy atom. The van der Waals surface area contributed by atoms with Gasteiger partial charge in [-0.2, -0.15) is 0 Å². The van der Waals surface area contributed by atoms with Crippen LogP contribution in [0.5, 0.6) is 0 Å². The Balaban J connectivity index is 2.65. The first-order valence-corrected chi connectivity index (χ1v) is 13.2. The fourth-order valence-electron chi connectivity index (χ4n) is 4.16. The third-order valence-corrected chi connectivity index (χ3v) is 6.21. The Bertz CT molecular complexity index is 696. The largest absolute Gasteiger partial charge is 0.480 e. The lowest BCUT2D eigenvalue weighted by atomic mass is 10.2. The van der Waals surface area contributed by atoms with Crippen molar-refractivity contribution in [3.63, 3.8) is 0 Å². The van der Waals surface area contributed by atoms with Crippen LogP contribution in [0.4, 0.5) is 0 Å². The fourth-order valence-corrected chi connectivity index (χ4v) is 4.16. The molecule has 2 amide bonds. The zero-order valence-electron chi connectivity index (χ0n) is 22.2. The minimum atomic E-state index is -0.956. The number of hydrogen-bond acceptors (Lipinski definition) is 9. The average Bonchev–Trinajstić information content (AvgIpc) is 2.82. The van der Waals surface area contributed by atoms with Crippen LogP contribution in [0.15, 0.2) is 0 Å². The first-order chi connectivity index (χ1) is 17.7. The Morgan fingerprint density at radius 3 is 1.59 bits per heavy atom. The number of hydrogen-bond donors (Lipinski definition) is 5. The van der Waals surface area contributed by atoms with E-state index in [0.29, 0.717) is 78.4 Å². The number of amides is 2. The number of carbonyl (C=O) groups is 4. The molecule has 0 aromatic rings. The van der Waals surface area contributed by atoms with Crippen molar-refractivity contribution in [2.75, 3.05) is 98.2 Å². The summed E-state index contributed by atoms with van der Waals surface area (Å²) < 4.78 is 0. The van der Waals surface area contributed by atoms with Gasteiger partial charge in [-0.1, -0.05) is 6.42 Å². The summed E-state index contributed by atoms with van der Waals surface area (Å²) >= 11 is 0. The van der Waals surface area contributed by atoms with Crippen molar-refractivity contribution >= 4 is 23.8 Å².